The van der Waals surface area contributed by atoms with E-state index in [-0.39, 0.29) is 6.04 Å². The fourth-order valence-corrected chi connectivity index (χ4v) is 1.91. The van der Waals surface area contributed by atoms with Crippen LogP contribution in [0.4, 0.5) is 0 Å². The number of ether oxygens (including phenoxy) is 2. The van der Waals surface area contributed by atoms with E-state index < -0.39 is 0 Å². The lowest BCUT2D eigenvalue weighted by Crippen LogP contribution is -2.13. The Morgan fingerprint density at radius 3 is 2.11 bits per heavy atom. The summed E-state index contributed by atoms with van der Waals surface area (Å²) in [5.74, 6) is 2.30. The predicted octanol–water partition coefficient (Wildman–Crippen LogP) is 3.77. The summed E-state index contributed by atoms with van der Waals surface area (Å²) in [7, 11) is 3.58. The van der Waals surface area contributed by atoms with Crippen LogP contribution in [0.3, 0.4) is 0 Å². The van der Waals surface area contributed by atoms with Crippen molar-refractivity contribution in [2.75, 3.05) is 14.2 Å². The number of methoxy groups -OCH3 is 1. The summed E-state index contributed by atoms with van der Waals surface area (Å²) >= 11 is 0. The largest absolute Gasteiger partial charge is 0.493 e. The molecule has 0 aliphatic heterocycles. The van der Waals surface area contributed by atoms with E-state index in [4.69, 9.17) is 9.47 Å². The normalized spacial score (nSPS) is 11.9. The molecule has 0 aliphatic rings. The molecule has 0 spiro atoms. The molecule has 3 heteroatoms. The number of rotatable bonds is 5. The van der Waals surface area contributed by atoms with Crippen LogP contribution in [0.2, 0.25) is 0 Å². The van der Waals surface area contributed by atoms with Gasteiger partial charge in [0, 0.05) is 11.6 Å². The maximum absolute atomic E-state index is 5.99. The van der Waals surface area contributed by atoms with Gasteiger partial charge in [0.1, 0.15) is 5.75 Å². The molecule has 100 valence electrons. The van der Waals surface area contributed by atoms with E-state index in [1.54, 1.807) is 7.11 Å². The first kappa shape index (κ1) is 13.4. The molecule has 0 heterocycles. The summed E-state index contributed by atoms with van der Waals surface area (Å²) < 4.78 is 11.3. The molecule has 3 nitrogen and oxygen atoms in total. The van der Waals surface area contributed by atoms with Gasteiger partial charge in [-0.15, -0.1) is 0 Å². The average Bonchev–Trinajstić information content (AvgIpc) is 2.47. The Morgan fingerprint density at radius 2 is 1.47 bits per heavy atom. The van der Waals surface area contributed by atoms with Crippen LogP contribution >= 0.6 is 0 Å². The third-order valence-electron chi connectivity index (χ3n) is 3.11. The number of hydrogen-bond acceptors (Lipinski definition) is 3. The number of benzene rings is 2. The van der Waals surface area contributed by atoms with Gasteiger partial charge >= 0.3 is 0 Å². The minimum Gasteiger partial charge on any atom is -0.493 e. The van der Waals surface area contributed by atoms with Crippen LogP contribution < -0.4 is 14.8 Å². The molecule has 1 atom stereocenters. The highest BCUT2D eigenvalue weighted by molar-refractivity contribution is 5.45. The summed E-state index contributed by atoms with van der Waals surface area (Å²) in [5.41, 5.74) is 1.12. The third-order valence-corrected chi connectivity index (χ3v) is 3.11. The average molecular weight is 257 g/mol. The highest BCUT2D eigenvalue weighted by atomic mass is 16.5. The number of nitrogens with one attached hydrogen (secondary N) is 1. The topological polar surface area (TPSA) is 30.5 Å². The van der Waals surface area contributed by atoms with E-state index in [1.807, 2.05) is 49.5 Å². The molecule has 0 fully saturated rings. The van der Waals surface area contributed by atoms with Gasteiger partial charge in [0.2, 0.25) is 0 Å². The second-order valence-electron chi connectivity index (χ2n) is 4.30. The maximum atomic E-state index is 5.99. The second-order valence-corrected chi connectivity index (χ2v) is 4.30. The van der Waals surface area contributed by atoms with Crippen molar-refractivity contribution in [2.45, 2.75) is 13.0 Å². The van der Waals surface area contributed by atoms with Gasteiger partial charge < -0.3 is 14.8 Å². The van der Waals surface area contributed by atoms with Gasteiger partial charge in [0.25, 0.3) is 0 Å². The van der Waals surface area contributed by atoms with E-state index in [9.17, 15) is 0 Å². The van der Waals surface area contributed by atoms with Crippen LogP contribution in [0.1, 0.15) is 18.5 Å². The van der Waals surface area contributed by atoms with Gasteiger partial charge in [-0.05, 0) is 32.2 Å². The van der Waals surface area contributed by atoms with Crippen LogP contribution in [0, 0.1) is 0 Å². The zero-order valence-electron chi connectivity index (χ0n) is 11.5. The van der Waals surface area contributed by atoms with Gasteiger partial charge in [0.05, 0.1) is 7.11 Å². The molecule has 0 radical (unpaired) electrons. The molecule has 2 aromatic carbocycles. The summed E-state index contributed by atoms with van der Waals surface area (Å²) in [5, 5.41) is 3.22. The molecule has 2 aromatic rings. The van der Waals surface area contributed by atoms with E-state index in [0.717, 1.165) is 22.8 Å². The van der Waals surface area contributed by atoms with Crippen molar-refractivity contribution >= 4 is 0 Å². The predicted molar refractivity (Wildman–Crippen MR) is 77.0 cm³/mol. The van der Waals surface area contributed by atoms with Crippen molar-refractivity contribution in [1.82, 2.24) is 5.32 Å². The second kappa shape index (κ2) is 6.25. The summed E-state index contributed by atoms with van der Waals surface area (Å²) in [6.07, 6.45) is 0. The van der Waals surface area contributed by atoms with Crippen molar-refractivity contribution in [2.24, 2.45) is 0 Å². The molecule has 1 unspecified atom stereocenters. The Bertz CT molecular complexity index is 540. The van der Waals surface area contributed by atoms with Gasteiger partial charge in [-0.3, -0.25) is 0 Å². The minimum absolute atomic E-state index is 0.228. The molecule has 0 aromatic heterocycles. The van der Waals surface area contributed by atoms with Crippen molar-refractivity contribution in [3.63, 3.8) is 0 Å². The molecular weight excluding hydrogens is 238 g/mol. The molecule has 0 bridgehead atoms. The van der Waals surface area contributed by atoms with Crippen molar-refractivity contribution in [1.29, 1.82) is 0 Å². The van der Waals surface area contributed by atoms with Gasteiger partial charge in [-0.2, -0.15) is 0 Å². The lowest BCUT2D eigenvalue weighted by atomic mass is 10.1. The van der Waals surface area contributed by atoms with E-state index in [0.29, 0.717) is 0 Å². The van der Waals surface area contributed by atoms with Crippen molar-refractivity contribution < 1.29 is 9.47 Å². The minimum atomic E-state index is 0.228. The van der Waals surface area contributed by atoms with E-state index in [1.165, 1.54) is 0 Å². The van der Waals surface area contributed by atoms with Crippen LogP contribution in [0.5, 0.6) is 17.2 Å². The standard InChI is InChI=1S/C16H19NO2/c1-12(17-2)13-8-4-5-9-14(13)19-16-11-7-6-10-15(16)18-3/h4-12,17H,1-3H3. The van der Waals surface area contributed by atoms with E-state index >= 15 is 0 Å². The lowest BCUT2D eigenvalue weighted by molar-refractivity contribution is 0.376. The Morgan fingerprint density at radius 1 is 0.895 bits per heavy atom. The molecule has 0 saturated heterocycles. The highest BCUT2D eigenvalue weighted by Gasteiger charge is 2.11. The van der Waals surface area contributed by atoms with Crippen LogP contribution in [-0.2, 0) is 0 Å². The summed E-state index contributed by atoms with van der Waals surface area (Å²) in [6.45, 7) is 2.10. The lowest BCUT2D eigenvalue weighted by Gasteiger charge is -2.17. The monoisotopic (exact) mass is 257 g/mol. The highest BCUT2D eigenvalue weighted by Crippen LogP contribution is 2.34. The molecule has 19 heavy (non-hydrogen) atoms. The Balaban J connectivity index is 2.33. The van der Waals surface area contributed by atoms with E-state index in [2.05, 4.69) is 18.3 Å². The van der Waals surface area contributed by atoms with Crippen molar-refractivity contribution in [3.8, 4) is 17.2 Å². The van der Waals surface area contributed by atoms with Gasteiger partial charge in [0.15, 0.2) is 11.5 Å². The molecule has 0 aliphatic carbocycles. The first-order valence-corrected chi connectivity index (χ1v) is 6.33. The Labute approximate surface area is 114 Å². The van der Waals surface area contributed by atoms with Crippen LogP contribution in [0.15, 0.2) is 48.5 Å². The van der Waals surface area contributed by atoms with Gasteiger partial charge in [-0.25, -0.2) is 0 Å². The molecule has 0 amide bonds. The first-order chi connectivity index (χ1) is 9.26. The summed E-state index contributed by atoms with van der Waals surface area (Å²) in [6, 6.07) is 15.9. The Kier molecular flexibility index (Phi) is 4.42. The van der Waals surface area contributed by atoms with Gasteiger partial charge in [-0.1, -0.05) is 30.3 Å². The molecular formula is C16H19NO2. The maximum Gasteiger partial charge on any atom is 0.169 e. The zero-order chi connectivity index (χ0) is 13.7. The SMILES string of the molecule is CNC(C)c1ccccc1Oc1ccccc1OC. The molecule has 2 rings (SSSR count). The summed E-state index contributed by atoms with van der Waals surface area (Å²) in [4.78, 5) is 0. The quantitative estimate of drug-likeness (QED) is 0.884. The van der Waals surface area contributed by atoms with Crippen LogP contribution in [0.25, 0.3) is 0 Å². The number of hydrogen-bond donors (Lipinski definition) is 1. The fourth-order valence-electron chi connectivity index (χ4n) is 1.91. The third kappa shape index (κ3) is 3.06. The number of para-hydroxylation sites is 3. The van der Waals surface area contributed by atoms with Crippen LogP contribution in [-0.4, -0.2) is 14.2 Å². The molecule has 0 saturated carbocycles. The van der Waals surface area contributed by atoms with Crippen molar-refractivity contribution in [3.05, 3.63) is 54.1 Å². The first-order valence-electron chi connectivity index (χ1n) is 6.33. The smallest absolute Gasteiger partial charge is 0.169 e. The molecule has 1 N–H and O–H groups in total. The zero-order valence-corrected chi connectivity index (χ0v) is 11.5. The fraction of sp³-hybridized carbons (Fsp3) is 0.250. The Hall–Kier alpha value is -2.00.